The van der Waals surface area contributed by atoms with Crippen LogP contribution in [0, 0.1) is 5.92 Å². The number of ether oxygens (including phenoxy) is 1. The van der Waals surface area contributed by atoms with Gasteiger partial charge in [-0.2, -0.15) is 0 Å². The van der Waals surface area contributed by atoms with Crippen LogP contribution in [0.3, 0.4) is 0 Å². The maximum atomic E-state index is 11.2. The van der Waals surface area contributed by atoms with E-state index >= 15 is 0 Å². The summed E-state index contributed by atoms with van der Waals surface area (Å²) in [7, 11) is 0. The van der Waals surface area contributed by atoms with E-state index in [0.29, 0.717) is 29.9 Å². The molecule has 1 fully saturated rings. The van der Waals surface area contributed by atoms with Crippen LogP contribution < -0.4 is 20.7 Å². The van der Waals surface area contributed by atoms with E-state index < -0.39 is 0 Å². The fourth-order valence-electron chi connectivity index (χ4n) is 2.28. The van der Waals surface area contributed by atoms with E-state index in [2.05, 4.69) is 25.9 Å². The Morgan fingerprint density at radius 1 is 1.53 bits per heavy atom. The van der Waals surface area contributed by atoms with Crippen molar-refractivity contribution in [2.24, 2.45) is 5.92 Å². The summed E-state index contributed by atoms with van der Waals surface area (Å²) in [4.78, 5) is 19.7. The Bertz CT molecular complexity index is 473. The molecule has 0 aliphatic carbocycles. The maximum absolute atomic E-state index is 11.2. The second-order valence-corrected chi connectivity index (χ2v) is 4.83. The van der Waals surface area contributed by atoms with Crippen molar-refractivity contribution in [3.8, 4) is 5.75 Å². The number of carbonyl (C=O) groups is 1. The van der Waals surface area contributed by atoms with E-state index in [9.17, 15) is 4.79 Å². The number of rotatable bonds is 4. The van der Waals surface area contributed by atoms with Crippen LogP contribution in [0.5, 0.6) is 5.75 Å². The molecule has 0 aromatic carbocycles. The van der Waals surface area contributed by atoms with Crippen LogP contribution in [0.4, 0.5) is 5.82 Å². The monoisotopic (exact) mass is 263 g/mol. The Labute approximate surface area is 111 Å². The van der Waals surface area contributed by atoms with Crippen molar-refractivity contribution in [2.45, 2.75) is 13.0 Å². The summed E-state index contributed by atoms with van der Waals surface area (Å²) in [5, 5.41) is 9.35. The number of nitrogens with zero attached hydrogens (tertiary/aromatic N) is 2. The molecule has 2 aliphatic heterocycles. The lowest BCUT2D eigenvalue weighted by atomic mass is 10.1. The number of nitrogens with one attached hydrogen (secondary N) is 3. The molecular formula is C12H17N5O2. The first-order valence-corrected chi connectivity index (χ1v) is 6.51. The van der Waals surface area contributed by atoms with Crippen LogP contribution in [0.25, 0.3) is 0 Å². The number of aromatic nitrogens is 2. The highest BCUT2D eigenvalue weighted by atomic mass is 16.5. The van der Waals surface area contributed by atoms with Gasteiger partial charge < -0.3 is 20.7 Å². The fourth-order valence-corrected chi connectivity index (χ4v) is 2.28. The Hall–Kier alpha value is -1.73. The van der Waals surface area contributed by atoms with Crippen molar-refractivity contribution in [1.82, 2.24) is 20.6 Å². The molecule has 2 aliphatic rings. The average molecular weight is 263 g/mol. The van der Waals surface area contributed by atoms with Crippen molar-refractivity contribution in [2.75, 3.05) is 31.6 Å². The minimum Gasteiger partial charge on any atom is -0.478 e. The van der Waals surface area contributed by atoms with Crippen molar-refractivity contribution >= 4 is 11.7 Å². The zero-order valence-electron chi connectivity index (χ0n) is 10.6. The van der Waals surface area contributed by atoms with E-state index in [-0.39, 0.29) is 12.5 Å². The summed E-state index contributed by atoms with van der Waals surface area (Å²) in [6, 6.07) is 0. The van der Waals surface area contributed by atoms with Gasteiger partial charge in [0.25, 0.3) is 5.91 Å². The van der Waals surface area contributed by atoms with E-state index in [1.807, 2.05) is 0 Å². The zero-order chi connectivity index (χ0) is 13.1. The van der Waals surface area contributed by atoms with Crippen LogP contribution in [0.15, 0.2) is 6.20 Å². The molecule has 7 heteroatoms. The SMILES string of the molecule is O=C1COc2cnc(CNC[C@@H]3CCNC3)nc2N1. The van der Waals surface area contributed by atoms with E-state index in [1.165, 1.54) is 6.42 Å². The number of carbonyl (C=O) groups excluding carboxylic acids is 1. The predicted octanol–water partition coefficient (Wildman–Crippen LogP) is -0.493. The van der Waals surface area contributed by atoms with Crippen molar-refractivity contribution in [1.29, 1.82) is 0 Å². The summed E-state index contributed by atoms with van der Waals surface area (Å²) in [6.07, 6.45) is 2.82. The molecule has 1 aromatic heterocycles. The summed E-state index contributed by atoms with van der Waals surface area (Å²) in [6.45, 7) is 3.76. The van der Waals surface area contributed by atoms with Gasteiger partial charge in [0.05, 0.1) is 12.7 Å². The normalized spacial score (nSPS) is 21.7. The van der Waals surface area contributed by atoms with Gasteiger partial charge in [-0.3, -0.25) is 4.79 Å². The molecule has 19 heavy (non-hydrogen) atoms. The third-order valence-electron chi connectivity index (χ3n) is 3.30. The molecule has 1 amide bonds. The number of amides is 1. The Morgan fingerprint density at radius 3 is 3.32 bits per heavy atom. The summed E-state index contributed by atoms with van der Waals surface area (Å²) in [5.41, 5.74) is 0. The molecule has 0 bridgehead atoms. The molecule has 0 spiro atoms. The van der Waals surface area contributed by atoms with Gasteiger partial charge in [0.1, 0.15) is 5.82 Å². The topological polar surface area (TPSA) is 88.2 Å². The fraction of sp³-hybridized carbons (Fsp3) is 0.583. The standard InChI is InChI=1S/C12H17N5O2/c18-11-7-19-9-5-15-10(16-12(9)17-11)6-14-4-8-1-2-13-3-8/h5,8,13-14H,1-4,6-7H2,(H,15,16,17,18)/t8-/m1/s1. The largest absolute Gasteiger partial charge is 0.478 e. The predicted molar refractivity (Wildman–Crippen MR) is 68.8 cm³/mol. The molecule has 1 aromatic rings. The number of hydrogen-bond acceptors (Lipinski definition) is 6. The second-order valence-electron chi connectivity index (χ2n) is 4.83. The summed E-state index contributed by atoms with van der Waals surface area (Å²) < 4.78 is 5.21. The lowest BCUT2D eigenvalue weighted by molar-refractivity contribution is -0.118. The Morgan fingerprint density at radius 2 is 2.47 bits per heavy atom. The molecular weight excluding hydrogens is 246 g/mol. The molecule has 3 N–H and O–H groups in total. The van der Waals surface area contributed by atoms with Gasteiger partial charge in [-0.15, -0.1) is 0 Å². The van der Waals surface area contributed by atoms with Gasteiger partial charge in [-0.25, -0.2) is 9.97 Å². The molecule has 0 saturated carbocycles. The third-order valence-corrected chi connectivity index (χ3v) is 3.30. The van der Waals surface area contributed by atoms with Gasteiger partial charge >= 0.3 is 0 Å². The lowest BCUT2D eigenvalue weighted by Crippen LogP contribution is -2.28. The number of anilines is 1. The van der Waals surface area contributed by atoms with Gasteiger partial charge in [-0.1, -0.05) is 0 Å². The molecule has 1 saturated heterocycles. The van der Waals surface area contributed by atoms with Crippen LogP contribution in [0.1, 0.15) is 12.2 Å². The smallest absolute Gasteiger partial charge is 0.263 e. The molecule has 3 rings (SSSR count). The van der Waals surface area contributed by atoms with Gasteiger partial charge in [0.2, 0.25) is 0 Å². The third kappa shape index (κ3) is 2.99. The van der Waals surface area contributed by atoms with E-state index in [1.54, 1.807) is 6.20 Å². The highest BCUT2D eigenvalue weighted by Gasteiger charge is 2.18. The van der Waals surface area contributed by atoms with Crippen LogP contribution in [-0.4, -0.2) is 42.1 Å². The molecule has 0 radical (unpaired) electrons. The molecule has 0 unspecified atom stereocenters. The molecule has 3 heterocycles. The molecule has 7 nitrogen and oxygen atoms in total. The first kappa shape index (κ1) is 12.3. The quantitative estimate of drug-likeness (QED) is 0.679. The van der Waals surface area contributed by atoms with E-state index in [0.717, 1.165) is 19.6 Å². The average Bonchev–Trinajstić information content (AvgIpc) is 2.91. The van der Waals surface area contributed by atoms with Gasteiger partial charge in [-0.05, 0) is 32.0 Å². The molecule has 102 valence electrons. The minimum absolute atomic E-state index is 0.0304. The van der Waals surface area contributed by atoms with Crippen molar-refractivity contribution in [3.63, 3.8) is 0 Å². The highest BCUT2D eigenvalue weighted by molar-refractivity contribution is 5.93. The summed E-state index contributed by atoms with van der Waals surface area (Å²) >= 11 is 0. The number of fused-ring (bicyclic) bond motifs is 1. The van der Waals surface area contributed by atoms with Crippen LogP contribution in [0.2, 0.25) is 0 Å². The van der Waals surface area contributed by atoms with Crippen molar-refractivity contribution in [3.05, 3.63) is 12.0 Å². The van der Waals surface area contributed by atoms with E-state index in [4.69, 9.17) is 4.74 Å². The maximum Gasteiger partial charge on any atom is 0.263 e. The molecule has 1 atom stereocenters. The van der Waals surface area contributed by atoms with Crippen LogP contribution >= 0.6 is 0 Å². The Kier molecular flexibility index (Phi) is 3.56. The van der Waals surface area contributed by atoms with Gasteiger partial charge in [0, 0.05) is 0 Å². The first-order valence-electron chi connectivity index (χ1n) is 6.51. The van der Waals surface area contributed by atoms with Crippen molar-refractivity contribution < 1.29 is 9.53 Å². The minimum atomic E-state index is -0.179. The first-order chi connectivity index (χ1) is 9.31. The van der Waals surface area contributed by atoms with Gasteiger partial charge in [0.15, 0.2) is 18.2 Å². The highest BCUT2D eigenvalue weighted by Crippen LogP contribution is 2.23. The Balaban J connectivity index is 1.56. The number of hydrogen-bond donors (Lipinski definition) is 3. The summed E-state index contributed by atoms with van der Waals surface area (Å²) in [5.74, 6) is 2.16. The lowest BCUT2D eigenvalue weighted by Gasteiger charge is -2.17. The second kappa shape index (κ2) is 5.50. The van der Waals surface area contributed by atoms with Crippen LogP contribution in [-0.2, 0) is 11.3 Å². The zero-order valence-corrected chi connectivity index (χ0v) is 10.6.